The molecule has 0 aliphatic rings. The Kier molecular flexibility index (Phi) is 1.18. The summed E-state index contributed by atoms with van der Waals surface area (Å²) in [5, 5.41) is 9.07. The lowest BCUT2D eigenvalue weighted by molar-refractivity contribution is 0.915. The van der Waals surface area contributed by atoms with Crippen molar-refractivity contribution in [3.63, 3.8) is 0 Å². The van der Waals surface area contributed by atoms with E-state index in [1.165, 1.54) is 10.9 Å². The summed E-state index contributed by atoms with van der Waals surface area (Å²) in [6.45, 7) is 2.04. The summed E-state index contributed by atoms with van der Waals surface area (Å²) >= 11 is 0. The van der Waals surface area contributed by atoms with Gasteiger partial charge in [0, 0.05) is 18.6 Å². The van der Waals surface area contributed by atoms with Gasteiger partial charge in [-0.25, -0.2) is 0 Å². The second kappa shape index (κ2) is 2.05. The average molecular weight is 147 g/mol. The Morgan fingerprint density at radius 1 is 1.45 bits per heavy atom. The Morgan fingerprint density at radius 3 is 3.00 bits per heavy atom. The monoisotopic (exact) mass is 147 g/mol. The summed E-state index contributed by atoms with van der Waals surface area (Å²) in [4.78, 5) is 0. The molecule has 0 saturated carbocycles. The highest BCUT2D eigenvalue weighted by molar-refractivity contribution is 5.78. The van der Waals surface area contributed by atoms with Gasteiger partial charge in [0.15, 0.2) is 5.65 Å². The maximum Gasteiger partial charge on any atom is 0.162 e. The van der Waals surface area contributed by atoms with Gasteiger partial charge in [0.1, 0.15) is 0 Å². The van der Waals surface area contributed by atoms with Crippen molar-refractivity contribution < 1.29 is 0 Å². The van der Waals surface area contributed by atoms with Crippen LogP contribution in [-0.2, 0) is 7.05 Å². The number of rotatable bonds is 0. The molecule has 2 rings (SSSR count). The number of aromatic nitrogens is 3. The van der Waals surface area contributed by atoms with Gasteiger partial charge in [0.25, 0.3) is 0 Å². The Labute approximate surface area is 64.7 Å². The molecule has 2 aromatic rings. The standard InChI is InChI=1S/C8H9N3/c1-6-5-9-10-8-7(6)3-4-11(8)2/h3-5H,1-2H3. The fourth-order valence-corrected chi connectivity index (χ4v) is 1.19. The van der Waals surface area contributed by atoms with Crippen molar-refractivity contribution in [1.82, 2.24) is 14.8 Å². The molecule has 3 heteroatoms. The first-order valence-electron chi connectivity index (χ1n) is 3.52. The van der Waals surface area contributed by atoms with Crippen LogP contribution in [0.15, 0.2) is 18.5 Å². The summed E-state index contributed by atoms with van der Waals surface area (Å²) in [6, 6.07) is 2.05. The van der Waals surface area contributed by atoms with Crippen molar-refractivity contribution >= 4 is 11.0 Å². The Bertz CT molecular complexity index is 389. The molecule has 0 saturated heterocycles. The van der Waals surface area contributed by atoms with Gasteiger partial charge in [-0.3, -0.25) is 0 Å². The molecule has 0 N–H and O–H groups in total. The predicted octanol–water partition coefficient (Wildman–Crippen LogP) is 1.28. The molecule has 0 radical (unpaired) electrons. The third-order valence-corrected chi connectivity index (χ3v) is 1.87. The molecule has 2 aromatic heterocycles. The third-order valence-electron chi connectivity index (χ3n) is 1.87. The molecule has 3 nitrogen and oxygen atoms in total. The molecule has 56 valence electrons. The lowest BCUT2D eigenvalue weighted by atomic mass is 10.2. The normalized spacial score (nSPS) is 10.7. The van der Waals surface area contributed by atoms with Gasteiger partial charge in [-0.2, -0.15) is 5.10 Å². The first-order valence-corrected chi connectivity index (χ1v) is 3.52. The highest BCUT2D eigenvalue weighted by atomic mass is 15.2. The fraction of sp³-hybridized carbons (Fsp3) is 0.250. The minimum absolute atomic E-state index is 0.949. The number of aryl methyl sites for hydroxylation is 2. The second-order valence-electron chi connectivity index (χ2n) is 2.69. The van der Waals surface area contributed by atoms with Crippen LogP contribution in [0, 0.1) is 6.92 Å². The first kappa shape index (κ1) is 6.34. The van der Waals surface area contributed by atoms with Gasteiger partial charge in [0.05, 0.1) is 6.20 Å². The van der Waals surface area contributed by atoms with Crippen molar-refractivity contribution in [2.45, 2.75) is 6.92 Å². The maximum atomic E-state index is 4.01. The van der Waals surface area contributed by atoms with Crippen LogP contribution in [0.5, 0.6) is 0 Å². The zero-order chi connectivity index (χ0) is 7.84. The quantitative estimate of drug-likeness (QED) is 0.562. The van der Waals surface area contributed by atoms with Crippen molar-refractivity contribution in [2.75, 3.05) is 0 Å². The Morgan fingerprint density at radius 2 is 2.27 bits per heavy atom. The van der Waals surface area contributed by atoms with Gasteiger partial charge in [0.2, 0.25) is 0 Å². The van der Waals surface area contributed by atoms with Gasteiger partial charge in [-0.15, -0.1) is 5.10 Å². The fourth-order valence-electron chi connectivity index (χ4n) is 1.19. The van der Waals surface area contributed by atoms with E-state index in [-0.39, 0.29) is 0 Å². The minimum Gasteiger partial charge on any atom is -0.334 e. The smallest absolute Gasteiger partial charge is 0.162 e. The van der Waals surface area contributed by atoms with E-state index in [9.17, 15) is 0 Å². The highest BCUT2D eigenvalue weighted by Gasteiger charge is 2.00. The third kappa shape index (κ3) is 0.808. The highest BCUT2D eigenvalue weighted by Crippen LogP contribution is 2.13. The number of hydrogen-bond donors (Lipinski definition) is 0. The molecule has 0 fully saturated rings. The maximum absolute atomic E-state index is 4.01. The number of nitrogens with zero attached hydrogens (tertiary/aromatic N) is 3. The van der Waals surface area contributed by atoms with Gasteiger partial charge in [-0.1, -0.05) is 0 Å². The molecule has 0 spiro atoms. The summed E-state index contributed by atoms with van der Waals surface area (Å²) in [7, 11) is 1.97. The summed E-state index contributed by atoms with van der Waals surface area (Å²) in [5.74, 6) is 0. The van der Waals surface area contributed by atoms with E-state index < -0.39 is 0 Å². The van der Waals surface area contributed by atoms with E-state index in [0.717, 1.165) is 5.65 Å². The molecule has 0 aliphatic carbocycles. The van der Waals surface area contributed by atoms with Crippen LogP contribution < -0.4 is 0 Å². The molecule has 2 heterocycles. The van der Waals surface area contributed by atoms with Crippen LogP contribution in [-0.4, -0.2) is 14.8 Å². The lowest BCUT2D eigenvalue weighted by Gasteiger charge is -1.94. The lowest BCUT2D eigenvalue weighted by Crippen LogP contribution is -1.90. The van der Waals surface area contributed by atoms with Gasteiger partial charge in [-0.05, 0) is 18.6 Å². The molecule has 0 aromatic carbocycles. The van der Waals surface area contributed by atoms with E-state index in [1.807, 2.05) is 24.7 Å². The van der Waals surface area contributed by atoms with Crippen LogP contribution in [0.1, 0.15) is 5.56 Å². The summed E-state index contributed by atoms with van der Waals surface area (Å²) in [5.41, 5.74) is 2.13. The van der Waals surface area contributed by atoms with Crippen molar-refractivity contribution in [3.05, 3.63) is 24.0 Å². The molecule has 0 aliphatic heterocycles. The molecule has 0 bridgehead atoms. The van der Waals surface area contributed by atoms with E-state index >= 15 is 0 Å². The zero-order valence-corrected chi connectivity index (χ0v) is 6.57. The van der Waals surface area contributed by atoms with Crippen molar-refractivity contribution in [2.24, 2.45) is 7.05 Å². The van der Waals surface area contributed by atoms with E-state index in [0.29, 0.717) is 0 Å². The molecule has 0 unspecified atom stereocenters. The van der Waals surface area contributed by atoms with Crippen LogP contribution in [0.25, 0.3) is 11.0 Å². The molecule has 0 amide bonds. The van der Waals surface area contributed by atoms with E-state index in [1.54, 1.807) is 6.20 Å². The largest absolute Gasteiger partial charge is 0.334 e. The molecular formula is C8H9N3. The Balaban J connectivity index is 2.94. The van der Waals surface area contributed by atoms with Gasteiger partial charge >= 0.3 is 0 Å². The number of hydrogen-bond acceptors (Lipinski definition) is 2. The molecular weight excluding hydrogens is 138 g/mol. The van der Waals surface area contributed by atoms with Gasteiger partial charge < -0.3 is 4.57 Å². The van der Waals surface area contributed by atoms with Crippen LogP contribution in [0.4, 0.5) is 0 Å². The molecule has 0 atom stereocenters. The van der Waals surface area contributed by atoms with Crippen LogP contribution >= 0.6 is 0 Å². The number of fused-ring (bicyclic) bond motifs is 1. The molecule has 11 heavy (non-hydrogen) atoms. The van der Waals surface area contributed by atoms with Crippen LogP contribution in [0.3, 0.4) is 0 Å². The second-order valence-corrected chi connectivity index (χ2v) is 2.69. The minimum atomic E-state index is 0.949. The SMILES string of the molecule is Cc1cnnc2c1ccn2C. The van der Waals surface area contributed by atoms with Crippen molar-refractivity contribution in [1.29, 1.82) is 0 Å². The van der Waals surface area contributed by atoms with E-state index in [4.69, 9.17) is 0 Å². The van der Waals surface area contributed by atoms with Crippen LogP contribution in [0.2, 0.25) is 0 Å². The Hall–Kier alpha value is -1.38. The average Bonchev–Trinajstić information content (AvgIpc) is 2.35. The predicted molar refractivity (Wildman–Crippen MR) is 43.2 cm³/mol. The topological polar surface area (TPSA) is 30.7 Å². The summed E-state index contributed by atoms with van der Waals surface area (Å²) in [6.07, 6.45) is 3.77. The first-order chi connectivity index (χ1) is 5.29. The van der Waals surface area contributed by atoms with E-state index in [2.05, 4.69) is 16.3 Å². The zero-order valence-electron chi connectivity index (χ0n) is 6.57. The van der Waals surface area contributed by atoms with Crippen molar-refractivity contribution in [3.8, 4) is 0 Å². The summed E-state index contributed by atoms with van der Waals surface area (Å²) < 4.78 is 1.97.